The van der Waals surface area contributed by atoms with Crippen LogP contribution in [0.2, 0.25) is 0 Å². The van der Waals surface area contributed by atoms with Gasteiger partial charge in [0.1, 0.15) is 0 Å². The van der Waals surface area contributed by atoms with Crippen LogP contribution >= 0.6 is 15.9 Å². The standard InChI is InChI=1S/C15H15BrN2O2/c1-8-14(20-9(2)17-8)15(19)18-13-11-6-4-3-5-10(11)7-12(13)16/h3-6,12-13H,7H2,1-2H3,(H,18,19). The summed E-state index contributed by atoms with van der Waals surface area (Å²) in [5, 5.41) is 3.04. The second-order valence-corrected chi connectivity index (χ2v) is 6.19. The van der Waals surface area contributed by atoms with Crippen molar-refractivity contribution in [2.75, 3.05) is 0 Å². The van der Waals surface area contributed by atoms with Crippen molar-refractivity contribution in [1.29, 1.82) is 0 Å². The molecule has 1 N–H and O–H groups in total. The molecule has 2 aromatic rings. The van der Waals surface area contributed by atoms with Crippen LogP contribution in [0.1, 0.15) is 39.3 Å². The van der Waals surface area contributed by atoms with Crippen LogP contribution in [0.25, 0.3) is 0 Å². The van der Waals surface area contributed by atoms with Gasteiger partial charge < -0.3 is 9.73 Å². The van der Waals surface area contributed by atoms with E-state index >= 15 is 0 Å². The summed E-state index contributed by atoms with van der Waals surface area (Å²) in [7, 11) is 0. The monoisotopic (exact) mass is 334 g/mol. The molecule has 4 nitrogen and oxygen atoms in total. The van der Waals surface area contributed by atoms with Crippen LogP contribution in [0.15, 0.2) is 28.7 Å². The van der Waals surface area contributed by atoms with Gasteiger partial charge in [0.25, 0.3) is 5.91 Å². The van der Waals surface area contributed by atoms with E-state index in [2.05, 4.69) is 38.4 Å². The van der Waals surface area contributed by atoms with Crippen LogP contribution in [0.4, 0.5) is 0 Å². The van der Waals surface area contributed by atoms with Gasteiger partial charge in [0.2, 0.25) is 5.76 Å². The second kappa shape index (κ2) is 5.05. The van der Waals surface area contributed by atoms with Crippen molar-refractivity contribution in [2.24, 2.45) is 0 Å². The summed E-state index contributed by atoms with van der Waals surface area (Å²) in [5.41, 5.74) is 3.05. The van der Waals surface area contributed by atoms with Gasteiger partial charge in [-0.3, -0.25) is 4.79 Å². The van der Waals surface area contributed by atoms with Gasteiger partial charge in [-0.1, -0.05) is 40.2 Å². The lowest BCUT2D eigenvalue weighted by molar-refractivity contribution is 0.0907. The number of alkyl halides is 1. The molecule has 0 radical (unpaired) electrons. The number of halogens is 1. The van der Waals surface area contributed by atoms with Crippen molar-refractivity contribution in [2.45, 2.75) is 31.1 Å². The predicted octanol–water partition coefficient (Wildman–Crippen LogP) is 3.08. The van der Waals surface area contributed by atoms with Crippen LogP contribution in [-0.2, 0) is 6.42 Å². The summed E-state index contributed by atoms with van der Waals surface area (Å²) in [4.78, 5) is 16.7. The molecule has 1 aromatic heterocycles. The molecule has 1 heterocycles. The maximum absolute atomic E-state index is 12.3. The van der Waals surface area contributed by atoms with Gasteiger partial charge in [0.15, 0.2) is 5.89 Å². The van der Waals surface area contributed by atoms with Gasteiger partial charge in [-0.05, 0) is 24.5 Å². The van der Waals surface area contributed by atoms with Gasteiger partial charge in [-0.25, -0.2) is 4.98 Å². The molecule has 20 heavy (non-hydrogen) atoms. The predicted molar refractivity (Wildman–Crippen MR) is 79.0 cm³/mol. The van der Waals surface area contributed by atoms with Crippen molar-refractivity contribution in [3.63, 3.8) is 0 Å². The molecule has 0 spiro atoms. The second-order valence-electron chi connectivity index (χ2n) is 5.02. The minimum absolute atomic E-state index is 0.0384. The first-order valence-electron chi connectivity index (χ1n) is 6.53. The number of hydrogen-bond acceptors (Lipinski definition) is 3. The first-order valence-corrected chi connectivity index (χ1v) is 7.44. The Morgan fingerprint density at radius 1 is 1.40 bits per heavy atom. The normalized spacial score (nSPS) is 20.8. The average molecular weight is 335 g/mol. The van der Waals surface area contributed by atoms with Gasteiger partial charge in [0.05, 0.1) is 11.7 Å². The van der Waals surface area contributed by atoms with E-state index in [4.69, 9.17) is 4.42 Å². The summed E-state index contributed by atoms with van der Waals surface area (Å²) in [6.45, 7) is 3.52. The molecular formula is C15H15BrN2O2. The molecule has 3 rings (SSSR count). The number of aromatic nitrogens is 1. The number of fused-ring (bicyclic) bond motifs is 1. The Morgan fingerprint density at radius 3 is 2.85 bits per heavy atom. The Bertz CT molecular complexity index is 666. The van der Waals surface area contributed by atoms with Gasteiger partial charge >= 0.3 is 0 Å². The van der Waals surface area contributed by atoms with Crippen LogP contribution in [0, 0.1) is 13.8 Å². The van der Waals surface area contributed by atoms with Crippen LogP contribution in [0.5, 0.6) is 0 Å². The summed E-state index contributed by atoms with van der Waals surface area (Å²) in [5.74, 6) is 0.593. The van der Waals surface area contributed by atoms with E-state index in [1.807, 2.05) is 12.1 Å². The lowest BCUT2D eigenvalue weighted by Gasteiger charge is -2.17. The number of carbonyl (C=O) groups excluding carboxylic acids is 1. The van der Waals surface area contributed by atoms with E-state index in [0.717, 1.165) is 12.0 Å². The SMILES string of the molecule is Cc1nc(C)c(C(=O)NC2c3ccccc3CC2Br)o1. The van der Waals surface area contributed by atoms with Crippen molar-refractivity contribution in [3.8, 4) is 0 Å². The Balaban J connectivity index is 1.85. The topological polar surface area (TPSA) is 55.1 Å². The molecule has 2 atom stereocenters. The number of benzene rings is 1. The molecule has 1 aromatic carbocycles. The van der Waals surface area contributed by atoms with Crippen molar-refractivity contribution in [1.82, 2.24) is 10.3 Å². The molecule has 0 saturated heterocycles. The van der Waals surface area contributed by atoms with Crippen LogP contribution in [-0.4, -0.2) is 15.7 Å². The Hall–Kier alpha value is -1.62. The lowest BCUT2D eigenvalue weighted by atomic mass is 10.1. The zero-order valence-corrected chi connectivity index (χ0v) is 12.9. The fourth-order valence-corrected chi connectivity index (χ4v) is 3.43. The van der Waals surface area contributed by atoms with E-state index in [9.17, 15) is 4.79 Å². The molecular weight excluding hydrogens is 320 g/mol. The van der Waals surface area contributed by atoms with Gasteiger partial charge in [0, 0.05) is 11.8 Å². The molecule has 104 valence electrons. The molecule has 1 aliphatic rings. The zero-order valence-electron chi connectivity index (χ0n) is 11.3. The smallest absolute Gasteiger partial charge is 0.289 e. The number of carbonyl (C=O) groups is 1. The summed E-state index contributed by atoms with van der Waals surface area (Å²) in [6, 6.07) is 8.13. The van der Waals surface area contributed by atoms with Gasteiger partial charge in [-0.15, -0.1) is 0 Å². The Morgan fingerprint density at radius 2 is 2.15 bits per heavy atom. The third-order valence-electron chi connectivity index (χ3n) is 3.56. The number of aryl methyl sites for hydroxylation is 2. The molecule has 0 bridgehead atoms. The van der Waals surface area contributed by atoms with Crippen molar-refractivity contribution < 1.29 is 9.21 Å². The Kier molecular flexibility index (Phi) is 3.38. The van der Waals surface area contributed by atoms with E-state index in [-0.39, 0.29) is 16.8 Å². The fraction of sp³-hybridized carbons (Fsp3) is 0.333. The number of hydrogen-bond donors (Lipinski definition) is 1. The maximum Gasteiger partial charge on any atom is 0.289 e. The summed E-state index contributed by atoms with van der Waals surface area (Å²) >= 11 is 3.65. The summed E-state index contributed by atoms with van der Waals surface area (Å²) in [6.07, 6.45) is 0.912. The largest absolute Gasteiger partial charge is 0.436 e. The Labute approximate surface area is 125 Å². The number of oxazole rings is 1. The maximum atomic E-state index is 12.3. The van der Waals surface area contributed by atoms with Crippen molar-refractivity contribution >= 4 is 21.8 Å². The highest BCUT2D eigenvalue weighted by Gasteiger charge is 2.32. The van der Waals surface area contributed by atoms with E-state index in [0.29, 0.717) is 17.3 Å². The van der Waals surface area contributed by atoms with Crippen molar-refractivity contribution in [3.05, 3.63) is 52.7 Å². The fourth-order valence-electron chi connectivity index (χ4n) is 2.66. The minimum atomic E-state index is -0.214. The molecule has 0 fully saturated rings. The van der Waals surface area contributed by atoms with Crippen LogP contribution < -0.4 is 5.32 Å². The lowest BCUT2D eigenvalue weighted by Crippen LogP contribution is -2.31. The average Bonchev–Trinajstić information content (AvgIpc) is 2.90. The van der Waals surface area contributed by atoms with E-state index in [1.165, 1.54) is 5.56 Å². The third-order valence-corrected chi connectivity index (χ3v) is 4.42. The van der Waals surface area contributed by atoms with E-state index in [1.54, 1.807) is 13.8 Å². The highest BCUT2D eigenvalue weighted by Crippen LogP contribution is 2.35. The minimum Gasteiger partial charge on any atom is -0.436 e. The molecule has 1 amide bonds. The molecule has 2 unspecified atom stereocenters. The molecule has 0 aliphatic heterocycles. The highest BCUT2D eigenvalue weighted by molar-refractivity contribution is 9.09. The molecule has 1 aliphatic carbocycles. The quantitative estimate of drug-likeness (QED) is 0.858. The molecule has 0 saturated carbocycles. The number of rotatable bonds is 2. The molecule has 5 heteroatoms. The number of nitrogens with one attached hydrogen (secondary N) is 1. The highest BCUT2D eigenvalue weighted by atomic mass is 79.9. The number of amides is 1. The summed E-state index contributed by atoms with van der Waals surface area (Å²) < 4.78 is 5.37. The zero-order chi connectivity index (χ0) is 14.3. The third kappa shape index (κ3) is 2.26. The van der Waals surface area contributed by atoms with E-state index < -0.39 is 0 Å². The first kappa shape index (κ1) is 13.4. The van der Waals surface area contributed by atoms with Crippen LogP contribution in [0.3, 0.4) is 0 Å². The van der Waals surface area contributed by atoms with Gasteiger partial charge in [-0.2, -0.15) is 0 Å². The first-order chi connectivity index (χ1) is 9.56. The number of nitrogens with zero attached hydrogens (tertiary/aromatic N) is 1.